The molecule has 21 heavy (non-hydrogen) atoms. The van der Waals surface area contributed by atoms with E-state index in [0.717, 1.165) is 19.6 Å². The van der Waals surface area contributed by atoms with Crippen molar-refractivity contribution in [1.82, 2.24) is 10.3 Å². The van der Waals surface area contributed by atoms with Crippen molar-refractivity contribution in [2.45, 2.75) is 52.3 Å². The fraction of sp³-hybridized carbons (Fsp3) is 0.688. The molecule has 0 aliphatic carbocycles. The van der Waals surface area contributed by atoms with E-state index in [2.05, 4.69) is 31.1 Å². The van der Waals surface area contributed by atoms with Crippen molar-refractivity contribution in [1.29, 1.82) is 0 Å². The zero-order valence-electron chi connectivity index (χ0n) is 13.4. The molecule has 0 spiro atoms. The summed E-state index contributed by atoms with van der Waals surface area (Å²) in [5, 5.41) is 3.32. The molecule has 1 unspecified atom stereocenters. The third-order valence-electron chi connectivity index (χ3n) is 3.51. The van der Waals surface area contributed by atoms with E-state index >= 15 is 0 Å². The van der Waals surface area contributed by atoms with Crippen LogP contribution in [-0.2, 0) is 11.3 Å². The summed E-state index contributed by atoms with van der Waals surface area (Å²) in [5.74, 6) is 0.226. The average Bonchev–Trinajstić information content (AvgIpc) is 2.61. The fourth-order valence-electron chi connectivity index (χ4n) is 2.38. The number of ether oxygens (including phenoxy) is 1. The Morgan fingerprint density at radius 1 is 1.48 bits per heavy atom. The van der Waals surface area contributed by atoms with Crippen LogP contribution in [0.25, 0.3) is 0 Å². The highest BCUT2D eigenvalue weighted by molar-refractivity contribution is 5.43. The Hall–Kier alpha value is -1.20. The first-order chi connectivity index (χ1) is 9.87. The first-order valence-electron chi connectivity index (χ1n) is 7.62. The second-order valence-electron chi connectivity index (χ2n) is 6.69. The molecule has 0 bridgehead atoms. The topological polar surface area (TPSA) is 37.4 Å². The van der Waals surface area contributed by atoms with Crippen LogP contribution in [0.1, 0.15) is 39.7 Å². The van der Waals surface area contributed by atoms with Gasteiger partial charge in [-0.1, -0.05) is 0 Å². The van der Waals surface area contributed by atoms with Crippen LogP contribution in [0.5, 0.6) is 0 Å². The van der Waals surface area contributed by atoms with E-state index in [4.69, 9.17) is 4.74 Å². The number of pyridine rings is 1. The molecule has 1 fully saturated rings. The number of rotatable bonds is 3. The van der Waals surface area contributed by atoms with Crippen LogP contribution in [0.2, 0.25) is 0 Å². The number of nitrogens with one attached hydrogen (secondary N) is 1. The summed E-state index contributed by atoms with van der Waals surface area (Å²) in [6, 6.07) is 1.75. The third kappa shape index (κ3) is 4.64. The highest BCUT2D eigenvalue weighted by Gasteiger charge is 2.21. The average molecular weight is 295 g/mol. The van der Waals surface area contributed by atoms with Crippen molar-refractivity contribution in [3.63, 3.8) is 0 Å². The Kier molecular flexibility index (Phi) is 5.17. The summed E-state index contributed by atoms with van der Waals surface area (Å²) < 4.78 is 20.3. The van der Waals surface area contributed by atoms with Gasteiger partial charge in [0.15, 0.2) is 11.6 Å². The second kappa shape index (κ2) is 6.71. The maximum absolute atomic E-state index is 14.7. The van der Waals surface area contributed by atoms with Crippen molar-refractivity contribution in [3.8, 4) is 0 Å². The van der Waals surface area contributed by atoms with Crippen LogP contribution in [0, 0.1) is 5.82 Å². The molecule has 0 radical (unpaired) electrons. The molecule has 0 saturated carbocycles. The van der Waals surface area contributed by atoms with E-state index in [9.17, 15) is 4.39 Å². The quantitative estimate of drug-likeness (QED) is 0.930. The number of hydrogen-bond donors (Lipinski definition) is 1. The smallest absolute Gasteiger partial charge is 0.170 e. The molecule has 1 N–H and O–H groups in total. The molecule has 1 saturated heterocycles. The summed E-state index contributed by atoms with van der Waals surface area (Å²) in [6.07, 6.45) is 2.69. The first-order valence-corrected chi connectivity index (χ1v) is 7.62. The largest absolute Gasteiger partial charge is 0.377 e. The molecule has 1 aliphatic rings. The molecule has 118 valence electrons. The molecule has 4 nitrogen and oxygen atoms in total. The van der Waals surface area contributed by atoms with E-state index in [1.165, 1.54) is 0 Å². The predicted octanol–water partition coefficient (Wildman–Crippen LogP) is 2.72. The minimum atomic E-state index is -0.219. The van der Waals surface area contributed by atoms with Crippen molar-refractivity contribution >= 4 is 5.82 Å². The molecular weight excluding hydrogens is 269 g/mol. The SMILES string of the molecule is CC1CN(c2nccc(CNC(C)(C)C)c2F)CCCO1. The molecular formula is C16H26FN3O. The molecule has 5 heteroatoms. The van der Waals surface area contributed by atoms with Gasteiger partial charge in [0.05, 0.1) is 6.10 Å². The van der Waals surface area contributed by atoms with Gasteiger partial charge in [0.1, 0.15) is 0 Å². The summed E-state index contributed by atoms with van der Waals surface area (Å²) in [5.41, 5.74) is 0.619. The van der Waals surface area contributed by atoms with E-state index in [1.54, 1.807) is 12.3 Å². The minimum absolute atomic E-state index is 0.0408. The Balaban J connectivity index is 2.16. The zero-order chi connectivity index (χ0) is 15.5. The van der Waals surface area contributed by atoms with Crippen LogP contribution < -0.4 is 10.2 Å². The first kappa shape index (κ1) is 16.2. The van der Waals surface area contributed by atoms with Gasteiger partial charge < -0.3 is 15.0 Å². The maximum Gasteiger partial charge on any atom is 0.170 e. The van der Waals surface area contributed by atoms with Gasteiger partial charge in [0.2, 0.25) is 0 Å². The third-order valence-corrected chi connectivity index (χ3v) is 3.51. The van der Waals surface area contributed by atoms with Gasteiger partial charge >= 0.3 is 0 Å². The summed E-state index contributed by atoms with van der Waals surface area (Å²) >= 11 is 0. The van der Waals surface area contributed by atoms with E-state index in [-0.39, 0.29) is 17.5 Å². The molecule has 2 rings (SSSR count). The van der Waals surface area contributed by atoms with Crippen molar-refractivity contribution in [3.05, 3.63) is 23.6 Å². The van der Waals surface area contributed by atoms with Gasteiger partial charge in [-0.2, -0.15) is 0 Å². The Bertz CT molecular complexity index is 473. The lowest BCUT2D eigenvalue weighted by atomic mass is 10.1. The number of anilines is 1. The number of halogens is 1. The minimum Gasteiger partial charge on any atom is -0.377 e. The van der Waals surface area contributed by atoms with Crippen molar-refractivity contribution in [2.24, 2.45) is 0 Å². The lowest BCUT2D eigenvalue weighted by Crippen LogP contribution is -2.36. The summed E-state index contributed by atoms with van der Waals surface area (Å²) in [6.45, 7) is 10.9. The number of aromatic nitrogens is 1. The molecule has 1 atom stereocenters. The van der Waals surface area contributed by atoms with Gasteiger partial charge in [-0.15, -0.1) is 0 Å². The number of nitrogens with zero attached hydrogens (tertiary/aromatic N) is 2. The maximum atomic E-state index is 14.7. The Labute approximate surface area is 126 Å². The van der Waals surface area contributed by atoms with E-state index in [0.29, 0.717) is 24.5 Å². The molecule has 1 aromatic rings. The molecule has 1 aromatic heterocycles. The van der Waals surface area contributed by atoms with Crippen LogP contribution in [-0.4, -0.2) is 36.3 Å². The highest BCUT2D eigenvalue weighted by atomic mass is 19.1. The van der Waals surface area contributed by atoms with Crippen LogP contribution in [0.4, 0.5) is 10.2 Å². The van der Waals surface area contributed by atoms with Gasteiger partial charge in [0, 0.05) is 43.5 Å². The van der Waals surface area contributed by atoms with Gasteiger partial charge in [-0.05, 0) is 40.2 Å². The summed E-state index contributed by atoms with van der Waals surface area (Å²) in [7, 11) is 0. The molecule has 0 amide bonds. The van der Waals surface area contributed by atoms with Crippen molar-refractivity contribution < 1.29 is 9.13 Å². The van der Waals surface area contributed by atoms with Crippen LogP contribution >= 0.6 is 0 Å². The normalized spacial score (nSPS) is 20.4. The highest BCUT2D eigenvalue weighted by Crippen LogP contribution is 2.22. The zero-order valence-corrected chi connectivity index (χ0v) is 13.4. The predicted molar refractivity (Wildman–Crippen MR) is 83.0 cm³/mol. The standard InChI is InChI=1S/C16H26FN3O/c1-12-11-20(8-5-9-21-12)15-14(17)13(6-7-18-15)10-19-16(2,3)4/h6-7,12,19H,5,8-11H2,1-4H3. The van der Waals surface area contributed by atoms with Gasteiger partial charge in [-0.3, -0.25) is 0 Å². The van der Waals surface area contributed by atoms with Crippen LogP contribution in [0.15, 0.2) is 12.3 Å². The second-order valence-corrected chi connectivity index (χ2v) is 6.69. The number of hydrogen-bond acceptors (Lipinski definition) is 4. The molecule has 2 heterocycles. The summed E-state index contributed by atoms with van der Waals surface area (Å²) in [4.78, 5) is 6.24. The Morgan fingerprint density at radius 2 is 2.24 bits per heavy atom. The lowest BCUT2D eigenvalue weighted by Gasteiger charge is -2.25. The van der Waals surface area contributed by atoms with Crippen LogP contribution in [0.3, 0.4) is 0 Å². The molecule has 0 aromatic carbocycles. The van der Waals surface area contributed by atoms with Gasteiger partial charge in [-0.25, -0.2) is 9.37 Å². The lowest BCUT2D eigenvalue weighted by molar-refractivity contribution is 0.0820. The monoisotopic (exact) mass is 295 g/mol. The van der Waals surface area contributed by atoms with Gasteiger partial charge in [0.25, 0.3) is 0 Å². The Morgan fingerprint density at radius 3 is 2.95 bits per heavy atom. The van der Waals surface area contributed by atoms with Crippen molar-refractivity contribution in [2.75, 3.05) is 24.6 Å². The van der Waals surface area contributed by atoms with E-state index < -0.39 is 0 Å². The van der Waals surface area contributed by atoms with E-state index in [1.807, 2.05) is 11.8 Å². The fourth-order valence-corrected chi connectivity index (χ4v) is 2.38. The molecule has 1 aliphatic heterocycles.